The fourth-order valence-corrected chi connectivity index (χ4v) is 4.84. The molecular weight excluding hydrogens is 222 g/mol. The first-order valence-electron chi connectivity index (χ1n) is 7.85. The molecule has 3 fully saturated rings. The normalized spacial score (nSPS) is 46.5. The molecule has 3 nitrogen and oxygen atoms in total. The molecule has 104 valence electrons. The molecule has 0 amide bonds. The van der Waals surface area contributed by atoms with Gasteiger partial charge in [0.2, 0.25) is 0 Å². The first-order chi connectivity index (χ1) is 8.64. The largest absolute Gasteiger partial charge is 0.329 e. The van der Waals surface area contributed by atoms with Crippen LogP contribution in [-0.2, 0) is 0 Å². The van der Waals surface area contributed by atoms with E-state index in [9.17, 15) is 0 Å². The van der Waals surface area contributed by atoms with Gasteiger partial charge >= 0.3 is 0 Å². The van der Waals surface area contributed by atoms with Gasteiger partial charge in [-0.3, -0.25) is 4.90 Å². The van der Waals surface area contributed by atoms with Gasteiger partial charge in [-0.05, 0) is 51.5 Å². The van der Waals surface area contributed by atoms with Gasteiger partial charge in [0.05, 0.1) is 0 Å². The van der Waals surface area contributed by atoms with Crippen LogP contribution in [0.15, 0.2) is 0 Å². The lowest BCUT2D eigenvalue weighted by atomic mass is 9.81. The minimum atomic E-state index is 0.315. The lowest BCUT2D eigenvalue weighted by Gasteiger charge is -2.50. The summed E-state index contributed by atoms with van der Waals surface area (Å²) in [6.07, 6.45) is 6.77. The number of likely N-dealkylation sites (tertiary alicyclic amines) is 1. The van der Waals surface area contributed by atoms with Gasteiger partial charge < -0.3 is 10.6 Å². The van der Waals surface area contributed by atoms with Crippen molar-refractivity contribution in [3.8, 4) is 0 Å². The van der Waals surface area contributed by atoms with Gasteiger partial charge in [-0.15, -0.1) is 0 Å². The summed E-state index contributed by atoms with van der Waals surface area (Å²) in [7, 11) is 0. The molecule has 0 aromatic heterocycles. The monoisotopic (exact) mass is 251 g/mol. The molecular formula is C15H29N3. The summed E-state index contributed by atoms with van der Waals surface area (Å²) in [5, 5.41) is 0. The number of nitrogens with two attached hydrogens (primary N) is 1. The van der Waals surface area contributed by atoms with Crippen LogP contribution in [0.4, 0.5) is 0 Å². The van der Waals surface area contributed by atoms with Gasteiger partial charge in [0.15, 0.2) is 0 Å². The van der Waals surface area contributed by atoms with E-state index in [1.54, 1.807) is 0 Å². The van der Waals surface area contributed by atoms with E-state index in [1.807, 2.05) is 0 Å². The third-order valence-corrected chi connectivity index (χ3v) is 5.75. The van der Waals surface area contributed by atoms with Gasteiger partial charge in [0.25, 0.3) is 0 Å². The lowest BCUT2D eigenvalue weighted by molar-refractivity contribution is 0.00472. The number of hydrogen-bond donors (Lipinski definition) is 1. The quantitative estimate of drug-likeness (QED) is 0.810. The minimum Gasteiger partial charge on any atom is -0.329 e. The number of hydrogen-bond acceptors (Lipinski definition) is 3. The van der Waals surface area contributed by atoms with E-state index < -0.39 is 0 Å². The van der Waals surface area contributed by atoms with Crippen LogP contribution in [0.25, 0.3) is 0 Å². The Bertz CT molecular complexity index is 306. The zero-order valence-corrected chi connectivity index (χ0v) is 12.1. The van der Waals surface area contributed by atoms with Crippen molar-refractivity contribution in [3.63, 3.8) is 0 Å². The van der Waals surface area contributed by atoms with E-state index in [0.29, 0.717) is 5.54 Å². The van der Waals surface area contributed by atoms with Gasteiger partial charge in [0.1, 0.15) is 0 Å². The first-order valence-corrected chi connectivity index (χ1v) is 7.85. The summed E-state index contributed by atoms with van der Waals surface area (Å²) >= 11 is 0. The molecule has 3 heteroatoms. The number of nitrogens with zero attached hydrogens (tertiary/aromatic N) is 2. The highest BCUT2D eigenvalue weighted by Crippen LogP contribution is 2.40. The molecule has 2 N–H and O–H groups in total. The Morgan fingerprint density at radius 1 is 1.28 bits per heavy atom. The maximum absolute atomic E-state index is 6.25. The van der Waals surface area contributed by atoms with E-state index in [4.69, 9.17) is 5.73 Å². The Hall–Kier alpha value is -0.120. The highest BCUT2D eigenvalue weighted by Gasteiger charge is 2.47. The molecule has 0 radical (unpaired) electrons. The lowest BCUT2D eigenvalue weighted by Crippen LogP contribution is -2.61. The number of piperidine rings is 1. The van der Waals surface area contributed by atoms with E-state index in [-0.39, 0.29) is 0 Å². The number of fused-ring (bicyclic) bond motifs is 1. The van der Waals surface area contributed by atoms with Crippen molar-refractivity contribution in [1.82, 2.24) is 9.80 Å². The third-order valence-electron chi connectivity index (χ3n) is 5.75. The summed E-state index contributed by atoms with van der Waals surface area (Å²) in [6, 6.07) is 1.56. The molecule has 4 unspecified atom stereocenters. The third kappa shape index (κ3) is 2.00. The molecule has 0 aromatic carbocycles. The molecule has 0 aromatic rings. The molecule has 18 heavy (non-hydrogen) atoms. The zero-order chi connectivity index (χ0) is 12.8. The van der Waals surface area contributed by atoms with Gasteiger partial charge in [-0.1, -0.05) is 6.92 Å². The van der Waals surface area contributed by atoms with Crippen molar-refractivity contribution in [2.45, 2.75) is 63.6 Å². The molecule has 3 heterocycles. The van der Waals surface area contributed by atoms with Crippen molar-refractivity contribution in [3.05, 3.63) is 0 Å². The van der Waals surface area contributed by atoms with Crippen molar-refractivity contribution in [1.29, 1.82) is 0 Å². The maximum atomic E-state index is 6.25. The van der Waals surface area contributed by atoms with Crippen LogP contribution in [-0.4, -0.2) is 53.6 Å². The molecule has 3 saturated heterocycles. The van der Waals surface area contributed by atoms with Crippen molar-refractivity contribution in [2.75, 3.05) is 26.2 Å². The van der Waals surface area contributed by atoms with E-state index in [0.717, 1.165) is 24.5 Å². The Kier molecular flexibility index (Phi) is 3.41. The predicted molar refractivity (Wildman–Crippen MR) is 75.6 cm³/mol. The van der Waals surface area contributed by atoms with Crippen LogP contribution >= 0.6 is 0 Å². The van der Waals surface area contributed by atoms with E-state index in [1.165, 1.54) is 51.7 Å². The van der Waals surface area contributed by atoms with Crippen LogP contribution in [0.5, 0.6) is 0 Å². The summed E-state index contributed by atoms with van der Waals surface area (Å²) in [6.45, 7) is 9.53. The summed E-state index contributed by atoms with van der Waals surface area (Å²) in [5.74, 6) is 0.852. The SMILES string of the molecule is CC1CC(C)N(C2(CN)CCN3CCCC3C2)C1. The first kappa shape index (κ1) is 12.9. The second-order valence-electron chi connectivity index (χ2n) is 7.06. The van der Waals surface area contributed by atoms with Crippen molar-refractivity contribution >= 4 is 0 Å². The zero-order valence-electron chi connectivity index (χ0n) is 12.1. The summed E-state index contributed by atoms with van der Waals surface area (Å²) < 4.78 is 0. The van der Waals surface area contributed by atoms with E-state index >= 15 is 0 Å². The van der Waals surface area contributed by atoms with Gasteiger partial charge in [-0.2, -0.15) is 0 Å². The van der Waals surface area contributed by atoms with Crippen molar-refractivity contribution < 1.29 is 0 Å². The molecule has 4 atom stereocenters. The van der Waals surface area contributed by atoms with Gasteiger partial charge in [0, 0.05) is 37.3 Å². The second-order valence-corrected chi connectivity index (χ2v) is 7.06. The summed E-state index contributed by atoms with van der Waals surface area (Å²) in [5.41, 5.74) is 6.56. The molecule has 0 spiro atoms. The Balaban J connectivity index is 1.78. The maximum Gasteiger partial charge on any atom is 0.0361 e. The predicted octanol–water partition coefficient (Wildman–Crippen LogP) is 1.67. The molecule has 0 bridgehead atoms. The molecule has 3 aliphatic rings. The Morgan fingerprint density at radius 2 is 2.11 bits per heavy atom. The van der Waals surface area contributed by atoms with Crippen LogP contribution in [0.1, 0.15) is 46.0 Å². The van der Waals surface area contributed by atoms with Crippen LogP contribution in [0, 0.1) is 5.92 Å². The highest BCUT2D eigenvalue weighted by molar-refractivity contribution is 5.04. The average molecular weight is 251 g/mol. The molecule has 0 aliphatic carbocycles. The summed E-state index contributed by atoms with van der Waals surface area (Å²) in [4.78, 5) is 5.48. The highest BCUT2D eigenvalue weighted by atomic mass is 15.3. The standard InChI is InChI=1S/C15H29N3/c1-12-8-13(2)18(10-12)15(11-16)5-7-17-6-3-4-14(17)9-15/h12-14H,3-11,16H2,1-2H3. The Labute approximate surface area is 112 Å². The fourth-order valence-electron chi connectivity index (χ4n) is 4.84. The van der Waals surface area contributed by atoms with Crippen molar-refractivity contribution in [2.24, 2.45) is 11.7 Å². The molecule has 3 aliphatic heterocycles. The van der Waals surface area contributed by atoms with Crippen LogP contribution in [0.2, 0.25) is 0 Å². The Morgan fingerprint density at radius 3 is 2.78 bits per heavy atom. The fraction of sp³-hybridized carbons (Fsp3) is 1.00. The average Bonchev–Trinajstić information content (AvgIpc) is 2.94. The molecule has 3 rings (SSSR count). The minimum absolute atomic E-state index is 0.315. The molecule has 0 saturated carbocycles. The van der Waals surface area contributed by atoms with Crippen LogP contribution < -0.4 is 5.73 Å². The van der Waals surface area contributed by atoms with E-state index in [2.05, 4.69) is 23.6 Å². The second kappa shape index (κ2) is 4.77. The smallest absolute Gasteiger partial charge is 0.0361 e. The van der Waals surface area contributed by atoms with Crippen LogP contribution in [0.3, 0.4) is 0 Å². The number of rotatable bonds is 2. The topological polar surface area (TPSA) is 32.5 Å². The van der Waals surface area contributed by atoms with Gasteiger partial charge in [-0.25, -0.2) is 0 Å².